The second-order valence-electron chi connectivity index (χ2n) is 8.50. The Balaban J connectivity index is 3.00. The molecule has 0 spiro atoms. The summed E-state index contributed by atoms with van der Waals surface area (Å²) in [4.78, 5) is 13.3. The van der Waals surface area contributed by atoms with Gasteiger partial charge in [0.05, 0.1) is 5.54 Å². The molecule has 12 heteroatoms. The first-order valence-corrected chi connectivity index (χ1v) is 8.89. The molecule has 1 atom stereocenters. The van der Waals surface area contributed by atoms with Crippen molar-refractivity contribution in [2.24, 2.45) is 5.73 Å². The fourth-order valence-corrected chi connectivity index (χ4v) is 4.48. The molecule has 0 heterocycles. The van der Waals surface area contributed by atoms with Gasteiger partial charge < -0.3 is 5.73 Å². The van der Waals surface area contributed by atoms with E-state index in [1.807, 2.05) is 23.5 Å². The summed E-state index contributed by atoms with van der Waals surface area (Å²) in [7, 11) is 18.5. The van der Waals surface area contributed by atoms with E-state index < -0.39 is 10.8 Å². The van der Waals surface area contributed by atoms with Gasteiger partial charge in [-0.05, 0) is 11.0 Å². The number of carbonyl (C=O) groups is 1. The molecule has 1 aliphatic rings. The highest BCUT2D eigenvalue weighted by molar-refractivity contribution is 6.66. The molecule has 24 heavy (non-hydrogen) atoms. The van der Waals surface area contributed by atoms with Crippen LogP contribution >= 0.6 is 11.6 Å². The van der Waals surface area contributed by atoms with Crippen LogP contribution in [0.15, 0.2) is 11.5 Å². The van der Waals surface area contributed by atoms with E-state index >= 15 is 0 Å². The van der Waals surface area contributed by atoms with Crippen LogP contribution in [0.3, 0.4) is 0 Å². The molecule has 1 aliphatic carbocycles. The molecule has 0 bridgehead atoms. The number of hydrogen-bond donors (Lipinski definition) is 1. The molecule has 1 aromatic rings. The van der Waals surface area contributed by atoms with E-state index in [9.17, 15) is 4.79 Å². The molecular weight excluding hydrogens is 307 g/mol. The fourth-order valence-electron chi connectivity index (χ4n) is 4.05. The third-order valence-corrected chi connectivity index (χ3v) is 7.37. The van der Waals surface area contributed by atoms with Crippen molar-refractivity contribution in [3.63, 3.8) is 0 Å². The zero-order chi connectivity index (χ0) is 18.8. The normalized spacial score (nSPS) is 25.2. The number of allylic oxidation sites excluding steroid dienone is 1. The van der Waals surface area contributed by atoms with Crippen molar-refractivity contribution in [2.75, 3.05) is 0 Å². The second kappa shape index (κ2) is 5.74. The van der Waals surface area contributed by atoms with E-state index in [0.29, 0.717) is 10.5 Å². The van der Waals surface area contributed by atoms with Crippen molar-refractivity contribution < 1.29 is 4.79 Å². The zero-order valence-corrected chi connectivity index (χ0v) is 17.2. The molecule has 1 aromatic carbocycles. The molecule has 0 aliphatic heterocycles. The number of nitrogens with two attached hydrogens (primary N) is 1. The van der Waals surface area contributed by atoms with Gasteiger partial charge in [0, 0.05) is 5.02 Å². The third kappa shape index (κ3) is 2.30. The van der Waals surface area contributed by atoms with Crippen molar-refractivity contribution in [3.05, 3.63) is 22.1 Å². The Kier molecular flexibility index (Phi) is 4.73. The minimum atomic E-state index is -1.15. The minimum Gasteiger partial charge on any atom is -0.316 e. The molecule has 2 nitrogen and oxygen atoms in total. The average Bonchev–Trinajstić information content (AvgIpc) is 2.48. The molecule has 0 fully saturated rings. The Morgan fingerprint density at radius 1 is 0.875 bits per heavy atom. The zero-order valence-electron chi connectivity index (χ0n) is 16.4. The van der Waals surface area contributed by atoms with Gasteiger partial charge in [0.2, 0.25) is 0 Å². The van der Waals surface area contributed by atoms with Gasteiger partial charge in [0.1, 0.15) is 70.6 Å². The van der Waals surface area contributed by atoms with Crippen molar-refractivity contribution >= 4 is 110 Å². The number of ketones is 1. The summed E-state index contributed by atoms with van der Waals surface area (Å²) in [5.41, 5.74) is 11.7. The highest BCUT2D eigenvalue weighted by Crippen LogP contribution is 2.58. The van der Waals surface area contributed by atoms with Crippen LogP contribution in [-0.2, 0) is 10.3 Å². The lowest BCUT2D eigenvalue weighted by molar-refractivity contribution is -0.121. The van der Waals surface area contributed by atoms with E-state index in [1.165, 1.54) is 0 Å². The number of carbonyl (C=O) groups excluding carboxylic acids is 1. The minimum absolute atomic E-state index is 0.0283. The van der Waals surface area contributed by atoms with Crippen molar-refractivity contribution in [3.8, 4) is 0 Å². The van der Waals surface area contributed by atoms with E-state index in [2.05, 4.69) is 53.2 Å². The first-order chi connectivity index (χ1) is 10.7. The Bertz CT molecular complexity index is 762. The molecule has 2 rings (SSSR count). The van der Waals surface area contributed by atoms with Crippen molar-refractivity contribution in [1.82, 2.24) is 0 Å². The Labute approximate surface area is 158 Å². The molecule has 2 N–H and O–H groups in total. The number of halogens is 1. The van der Waals surface area contributed by atoms with Gasteiger partial charge in [0.25, 0.3) is 0 Å². The summed E-state index contributed by atoms with van der Waals surface area (Å²) in [5, 5.41) is -0.0912. The van der Waals surface area contributed by atoms with Crippen LogP contribution in [0, 0.1) is 0 Å². The van der Waals surface area contributed by atoms with Crippen LogP contribution in [0.5, 0.6) is 0 Å². The predicted octanol–water partition coefficient (Wildman–Crippen LogP) is -9.61. The molecule has 0 saturated heterocycles. The molecule has 0 aromatic heterocycles. The highest BCUT2D eigenvalue weighted by atomic mass is 35.5. The lowest BCUT2D eigenvalue weighted by atomic mass is 9.22. The largest absolute Gasteiger partial charge is 0.316 e. The van der Waals surface area contributed by atoms with Crippen LogP contribution in [0.4, 0.5) is 0 Å². The molecular formula is C12H21B9ClNO. The Hall–Kier alpha value is -0.536. The monoisotopic (exact) mass is 329 g/mol. The maximum atomic E-state index is 13.3. The summed E-state index contributed by atoms with van der Waals surface area (Å²) in [6.07, 6.45) is 2.05. The quantitative estimate of drug-likeness (QED) is 0.521. The van der Waals surface area contributed by atoms with Crippen molar-refractivity contribution in [2.45, 2.75) is 16.0 Å². The van der Waals surface area contributed by atoms with Gasteiger partial charge in [-0.15, -0.1) is 10.9 Å². The van der Waals surface area contributed by atoms with Gasteiger partial charge in [-0.1, -0.05) is 39.0 Å². The number of hydrogen-bond acceptors (Lipinski definition) is 2. The smallest absolute Gasteiger partial charge is 0.172 e. The number of Topliss-reactive ketones (excluding diaryl/α,β-unsaturated/α-hetero) is 1. The summed E-state index contributed by atoms with van der Waals surface area (Å²) in [5.74, 6) is -0.0283. The molecule has 0 amide bonds. The molecule has 1 unspecified atom stereocenters. The van der Waals surface area contributed by atoms with E-state index in [1.54, 1.807) is 0 Å². The fraction of sp³-hybridized carbons (Fsp3) is 0.250. The summed E-state index contributed by atoms with van der Waals surface area (Å²) >= 11 is 6.78. The predicted molar refractivity (Wildman–Crippen MR) is 131 cm³/mol. The third-order valence-electron chi connectivity index (χ3n) is 6.90. The maximum absolute atomic E-state index is 13.3. The number of benzene rings is 1. The first-order valence-electron chi connectivity index (χ1n) is 8.51. The standard InChI is InChI=1S/C12H21B9ClNO/c13-2-1-10(18,19)12(20,21)11(23,9(2)24)3-4(14)5(15)6(16)7(17)8(3)22/h1H,13-21,23H2. The second-order valence-corrected chi connectivity index (χ2v) is 8.88. The van der Waals surface area contributed by atoms with Crippen LogP contribution in [0.1, 0.15) is 5.56 Å². The summed E-state index contributed by atoms with van der Waals surface area (Å²) < 4.78 is 0. The molecule has 0 radical (unpaired) electrons. The van der Waals surface area contributed by atoms with Gasteiger partial charge >= 0.3 is 0 Å². The van der Waals surface area contributed by atoms with Crippen LogP contribution in [0.2, 0.25) is 15.5 Å². The van der Waals surface area contributed by atoms with E-state index in [0.717, 1.165) is 27.4 Å². The van der Waals surface area contributed by atoms with Gasteiger partial charge in [-0.25, -0.2) is 0 Å². The number of rotatable bonds is 1. The maximum Gasteiger partial charge on any atom is 0.172 e. The Morgan fingerprint density at radius 3 is 1.83 bits per heavy atom. The lowest BCUT2D eigenvalue weighted by Crippen LogP contribution is -2.66. The molecule has 0 saturated carbocycles. The summed E-state index contributed by atoms with van der Waals surface area (Å²) in [6, 6.07) is 0. The van der Waals surface area contributed by atoms with Crippen LogP contribution in [0.25, 0.3) is 0 Å². The van der Waals surface area contributed by atoms with E-state index in [4.69, 9.17) is 17.3 Å². The van der Waals surface area contributed by atoms with Crippen LogP contribution < -0.4 is 27.6 Å². The SMILES string of the molecule is BC1=CC(B)(B)C(B)(B)C(N)(c2c(B)c(B)c(B)c(B)c2Cl)C1=O. The lowest BCUT2D eigenvalue weighted by Gasteiger charge is -2.56. The van der Waals surface area contributed by atoms with E-state index in [-0.39, 0.29) is 11.0 Å². The highest BCUT2D eigenvalue weighted by Gasteiger charge is 2.58. The van der Waals surface area contributed by atoms with Gasteiger partial charge in [0.15, 0.2) is 5.78 Å². The molecule has 114 valence electrons. The Morgan fingerprint density at radius 2 is 1.33 bits per heavy atom. The van der Waals surface area contributed by atoms with Crippen LogP contribution in [-0.4, -0.2) is 76.4 Å². The van der Waals surface area contributed by atoms with Crippen molar-refractivity contribution in [1.29, 1.82) is 0 Å². The topological polar surface area (TPSA) is 43.1 Å². The van der Waals surface area contributed by atoms with Gasteiger partial charge in [-0.3, -0.25) is 4.79 Å². The first kappa shape index (κ1) is 19.8. The average molecular weight is 328 g/mol. The summed E-state index contributed by atoms with van der Waals surface area (Å²) in [6.45, 7) is 0. The van der Waals surface area contributed by atoms with Gasteiger partial charge in [-0.2, -0.15) is 0 Å².